The molecule has 8 heteroatoms. The summed E-state index contributed by atoms with van der Waals surface area (Å²) in [6.45, 7) is 17.7. The molecule has 1 heterocycles. The third kappa shape index (κ3) is 6.26. The maximum atomic E-state index is 13.8. The fraction of sp³-hybridized carbons (Fsp3) is 0.750. The fourth-order valence-electron chi connectivity index (χ4n) is 3.06. The lowest BCUT2D eigenvalue weighted by Gasteiger charge is -2.48. The molecule has 0 fully saturated rings. The van der Waals surface area contributed by atoms with Gasteiger partial charge in [0.15, 0.2) is 12.3 Å². The number of hydrogen-bond donors (Lipinski definition) is 0. The number of pyridine rings is 1. The molecule has 1 rings (SSSR count). The zero-order valence-electron chi connectivity index (χ0n) is 18.8. The van der Waals surface area contributed by atoms with E-state index in [4.69, 9.17) is 13.9 Å². The van der Waals surface area contributed by atoms with Gasteiger partial charge in [0, 0.05) is 17.7 Å². The molecular weight excluding hydrogens is 379 g/mol. The highest BCUT2D eigenvalue weighted by Crippen LogP contribution is 2.61. The lowest BCUT2D eigenvalue weighted by Crippen LogP contribution is -2.54. The summed E-state index contributed by atoms with van der Waals surface area (Å²) in [6, 6.07) is 5.17. The number of rotatable bonds is 9. The van der Waals surface area contributed by atoms with Crippen LogP contribution in [-0.4, -0.2) is 29.6 Å². The van der Waals surface area contributed by atoms with E-state index in [9.17, 15) is 9.77 Å². The van der Waals surface area contributed by atoms with Crippen LogP contribution >= 0.6 is 7.60 Å². The van der Waals surface area contributed by atoms with E-state index in [1.807, 2.05) is 41.5 Å². The molecule has 2 unspecified atom stereocenters. The Balaban J connectivity index is 3.44. The van der Waals surface area contributed by atoms with E-state index >= 15 is 0 Å². The molecule has 0 radical (unpaired) electrons. The van der Waals surface area contributed by atoms with Gasteiger partial charge >= 0.3 is 7.60 Å². The van der Waals surface area contributed by atoms with Gasteiger partial charge in [0.2, 0.25) is 5.69 Å². The molecule has 0 bridgehead atoms. The van der Waals surface area contributed by atoms with Crippen molar-refractivity contribution < 1.29 is 23.2 Å². The summed E-state index contributed by atoms with van der Waals surface area (Å²) in [5.41, 5.74) is -0.553. The van der Waals surface area contributed by atoms with Crippen LogP contribution < -0.4 is 4.73 Å². The Hall–Kier alpha value is -0.980. The minimum absolute atomic E-state index is 0.261. The first-order valence-electron chi connectivity index (χ1n) is 9.81. The van der Waals surface area contributed by atoms with E-state index in [-0.39, 0.29) is 13.2 Å². The van der Waals surface area contributed by atoms with Gasteiger partial charge in [-0.2, -0.15) is 9.79 Å². The minimum atomic E-state index is -3.55. The Morgan fingerprint density at radius 3 is 2.04 bits per heavy atom. The van der Waals surface area contributed by atoms with Crippen LogP contribution in [0.5, 0.6) is 0 Å². The second kappa shape index (κ2) is 9.68. The summed E-state index contributed by atoms with van der Waals surface area (Å²) in [5.74, 6) is -0.675. The molecule has 0 N–H and O–H groups in total. The molecule has 1 aromatic heterocycles. The van der Waals surface area contributed by atoms with Gasteiger partial charge in [-0.3, -0.25) is 9.40 Å². The molecule has 0 aliphatic rings. The second-order valence-electron chi connectivity index (χ2n) is 8.81. The Labute approximate surface area is 170 Å². The first-order chi connectivity index (χ1) is 12.8. The summed E-state index contributed by atoms with van der Waals surface area (Å²) >= 11 is 0. The highest BCUT2D eigenvalue weighted by molar-refractivity contribution is 7.54. The molecule has 162 valence electrons. The van der Waals surface area contributed by atoms with Crippen molar-refractivity contribution >= 4 is 7.60 Å². The highest BCUT2D eigenvalue weighted by Gasteiger charge is 2.51. The number of nitrogens with zero attached hydrogens (tertiary/aromatic N) is 2. The topological polar surface area (TPSA) is 74.9 Å². The summed E-state index contributed by atoms with van der Waals surface area (Å²) in [6.07, 6.45) is 0.878. The molecule has 28 heavy (non-hydrogen) atoms. The first-order valence-corrected chi connectivity index (χ1v) is 11.4. The first kappa shape index (κ1) is 25.1. The van der Waals surface area contributed by atoms with Crippen LogP contribution in [0.3, 0.4) is 0 Å². The van der Waals surface area contributed by atoms with Gasteiger partial charge in [-0.15, -0.1) is 0 Å². The van der Waals surface area contributed by atoms with Gasteiger partial charge in [0.25, 0.3) is 0 Å². The second-order valence-corrected chi connectivity index (χ2v) is 10.9. The third-order valence-electron chi connectivity index (χ3n) is 4.12. The average Bonchev–Trinajstić information content (AvgIpc) is 2.52. The van der Waals surface area contributed by atoms with Gasteiger partial charge in [0.1, 0.15) is 5.78 Å². The standard InChI is InChI=1S/C20H37N2O5P/c1-10-25-28(24,26-11-2)18(19(4,5)6)22(20(7,8)9)27-16(3)17-14-12-13-15-21(17)23/h12-16,18H,10-11H2,1-9H3. The van der Waals surface area contributed by atoms with E-state index in [1.165, 1.54) is 6.20 Å². The van der Waals surface area contributed by atoms with Gasteiger partial charge in [-0.25, -0.2) is 0 Å². The van der Waals surface area contributed by atoms with Crippen molar-refractivity contribution in [2.45, 2.75) is 79.7 Å². The lowest BCUT2D eigenvalue weighted by molar-refractivity contribution is -0.620. The molecule has 0 saturated carbocycles. The minimum Gasteiger partial charge on any atom is -0.618 e. The molecule has 7 nitrogen and oxygen atoms in total. The monoisotopic (exact) mass is 416 g/mol. The number of aromatic nitrogens is 1. The summed E-state index contributed by atoms with van der Waals surface area (Å²) in [7, 11) is -3.55. The third-order valence-corrected chi connectivity index (χ3v) is 6.94. The van der Waals surface area contributed by atoms with Gasteiger partial charge in [-0.05, 0) is 53.0 Å². The van der Waals surface area contributed by atoms with Crippen molar-refractivity contribution in [1.29, 1.82) is 0 Å². The van der Waals surface area contributed by atoms with E-state index in [0.29, 0.717) is 5.69 Å². The van der Waals surface area contributed by atoms with Crippen LogP contribution in [-0.2, 0) is 18.5 Å². The predicted octanol–water partition coefficient (Wildman–Crippen LogP) is 5.05. The normalized spacial score (nSPS) is 15.6. The Bertz CT molecular complexity index is 659. The number of hydrogen-bond acceptors (Lipinski definition) is 6. The van der Waals surface area contributed by atoms with Crippen LogP contribution in [0.1, 0.15) is 74.1 Å². The van der Waals surface area contributed by atoms with Gasteiger partial charge in [0.05, 0.1) is 13.2 Å². The predicted molar refractivity (Wildman–Crippen MR) is 111 cm³/mol. The molecule has 0 saturated heterocycles. The van der Waals surface area contributed by atoms with Crippen LogP contribution in [0.15, 0.2) is 24.4 Å². The van der Waals surface area contributed by atoms with Crippen LogP contribution in [0, 0.1) is 10.6 Å². The zero-order chi connectivity index (χ0) is 21.8. The maximum absolute atomic E-state index is 13.8. The summed E-state index contributed by atoms with van der Waals surface area (Å²) in [4.78, 5) is 6.29. The van der Waals surface area contributed by atoms with Gasteiger partial charge < -0.3 is 14.3 Å². The van der Waals surface area contributed by atoms with Gasteiger partial charge in [-0.1, -0.05) is 20.8 Å². The SMILES string of the molecule is CCOP(=O)(OCC)C(N(OC(C)c1cccc[n+]1[O-])C(C)(C)C)C(C)(C)C. The van der Waals surface area contributed by atoms with Crippen molar-refractivity contribution in [3.63, 3.8) is 0 Å². The maximum Gasteiger partial charge on any atom is 0.350 e. The largest absolute Gasteiger partial charge is 0.618 e. The van der Waals surface area contributed by atoms with Crippen LogP contribution in [0.25, 0.3) is 0 Å². The molecule has 0 aliphatic heterocycles. The van der Waals surface area contributed by atoms with Crippen LogP contribution in [0.2, 0.25) is 0 Å². The molecule has 1 aromatic rings. The van der Waals surface area contributed by atoms with E-state index < -0.39 is 30.4 Å². The Kier molecular flexibility index (Phi) is 8.66. The summed E-state index contributed by atoms with van der Waals surface area (Å²) < 4.78 is 26.0. The molecule has 0 aliphatic carbocycles. The molecular formula is C20H37N2O5P. The lowest BCUT2D eigenvalue weighted by atomic mass is 9.94. The van der Waals surface area contributed by atoms with Crippen molar-refractivity contribution in [3.05, 3.63) is 35.3 Å². The number of hydroxylamine groups is 2. The van der Waals surface area contributed by atoms with Crippen molar-refractivity contribution in [2.24, 2.45) is 5.41 Å². The highest BCUT2D eigenvalue weighted by atomic mass is 31.2. The average molecular weight is 416 g/mol. The molecule has 0 spiro atoms. The van der Waals surface area contributed by atoms with Crippen molar-refractivity contribution in [3.8, 4) is 0 Å². The Morgan fingerprint density at radius 1 is 1.11 bits per heavy atom. The Morgan fingerprint density at radius 2 is 1.64 bits per heavy atom. The zero-order valence-corrected chi connectivity index (χ0v) is 19.7. The molecule has 2 atom stereocenters. The van der Waals surface area contributed by atoms with E-state index in [0.717, 1.165) is 4.73 Å². The molecule has 0 amide bonds. The summed E-state index contributed by atoms with van der Waals surface area (Å²) in [5, 5.41) is 13.9. The molecule has 0 aromatic carbocycles. The van der Waals surface area contributed by atoms with Crippen LogP contribution in [0.4, 0.5) is 0 Å². The fourth-order valence-corrected chi connectivity index (χ4v) is 5.74. The van der Waals surface area contributed by atoms with Crippen molar-refractivity contribution in [2.75, 3.05) is 13.2 Å². The smallest absolute Gasteiger partial charge is 0.350 e. The quantitative estimate of drug-likeness (QED) is 0.243. The van der Waals surface area contributed by atoms with E-state index in [1.54, 1.807) is 44.0 Å². The van der Waals surface area contributed by atoms with E-state index in [2.05, 4.69) is 0 Å². The van der Waals surface area contributed by atoms with Crippen molar-refractivity contribution in [1.82, 2.24) is 5.06 Å².